The zero-order valence-corrected chi connectivity index (χ0v) is 20.5. The minimum Gasteiger partial charge on any atom is -0.460 e. The van der Waals surface area contributed by atoms with Crippen LogP contribution in [-0.4, -0.2) is 32.1 Å². The van der Waals surface area contributed by atoms with Crippen LogP contribution in [0.2, 0.25) is 0 Å². The SMILES string of the molecule is Cc1c(F)cc2nc3c(c4c2c1CC[C@@H]4NC(=O)C(C)(C)O)Cn1c-3cc2c(c1=O)COC(=O)[C@@H]2C. The monoisotopic (exact) mass is 491 g/mol. The van der Waals surface area contributed by atoms with E-state index in [1.807, 2.05) is 6.07 Å². The highest BCUT2D eigenvalue weighted by molar-refractivity contribution is 5.94. The fourth-order valence-corrected chi connectivity index (χ4v) is 5.77. The third-order valence-electron chi connectivity index (χ3n) is 7.81. The summed E-state index contributed by atoms with van der Waals surface area (Å²) < 4.78 is 21.7. The number of hydrogen-bond acceptors (Lipinski definition) is 6. The molecule has 1 amide bonds. The maximum Gasteiger partial charge on any atom is 0.313 e. The molecule has 36 heavy (non-hydrogen) atoms. The van der Waals surface area contributed by atoms with Crippen molar-refractivity contribution in [3.63, 3.8) is 0 Å². The van der Waals surface area contributed by atoms with Gasteiger partial charge < -0.3 is 19.7 Å². The van der Waals surface area contributed by atoms with Gasteiger partial charge in [0.25, 0.3) is 11.5 Å². The van der Waals surface area contributed by atoms with Crippen LogP contribution in [0.15, 0.2) is 16.9 Å². The van der Waals surface area contributed by atoms with Gasteiger partial charge in [-0.05, 0) is 68.9 Å². The maximum atomic E-state index is 14.9. The molecule has 4 heterocycles. The molecule has 0 spiro atoms. The summed E-state index contributed by atoms with van der Waals surface area (Å²) in [6.45, 7) is 6.46. The Hall–Kier alpha value is -3.59. The lowest BCUT2D eigenvalue weighted by Crippen LogP contribution is -2.44. The molecule has 6 rings (SSSR count). The number of carbonyl (C=O) groups excluding carboxylic acids is 2. The lowest BCUT2D eigenvalue weighted by atomic mass is 9.81. The Morgan fingerprint density at radius 3 is 2.72 bits per heavy atom. The molecule has 0 saturated heterocycles. The van der Waals surface area contributed by atoms with Gasteiger partial charge in [-0.1, -0.05) is 0 Å². The normalized spacial score (nSPS) is 20.0. The van der Waals surface area contributed by atoms with Gasteiger partial charge in [0, 0.05) is 17.0 Å². The van der Waals surface area contributed by atoms with Crippen molar-refractivity contribution in [1.82, 2.24) is 14.9 Å². The summed E-state index contributed by atoms with van der Waals surface area (Å²) in [5, 5.41) is 14.0. The van der Waals surface area contributed by atoms with Crippen LogP contribution in [0.4, 0.5) is 4.39 Å². The highest BCUT2D eigenvalue weighted by Crippen LogP contribution is 2.45. The molecule has 0 unspecified atom stereocenters. The number of rotatable bonds is 2. The molecule has 0 radical (unpaired) electrons. The largest absolute Gasteiger partial charge is 0.460 e. The van der Waals surface area contributed by atoms with Crippen molar-refractivity contribution in [2.75, 3.05) is 0 Å². The molecule has 1 aliphatic carbocycles. The minimum absolute atomic E-state index is 0.0744. The number of ether oxygens (including phenoxy) is 1. The number of fused-ring (bicyclic) bond motifs is 5. The zero-order valence-electron chi connectivity index (χ0n) is 20.5. The van der Waals surface area contributed by atoms with Gasteiger partial charge in [-0.2, -0.15) is 0 Å². The second-order valence-electron chi connectivity index (χ2n) is 10.5. The van der Waals surface area contributed by atoms with Gasteiger partial charge in [-0.15, -0.1) is 0 Å². The van der Waals surface area contributed by atoms with Crippen molar-refractivity contribution >= 4 is 22.8 Å². The lowest BCUT2D eigenvalue weighted by molar-refractivity contribution is -0.147. The molecular weight excluding hydrogens is 465 g/mol. The third kappa shape index (κ3) is 3.08. The summed E-state index contributed by atoms with van der Waals surface area (Å²) in [5.74, 6) is -1.84. The Morgan fingerprint density at radius 1 is 1.25 bits per heavy atom. The van der Waals surface area contributed by atoms with E-state index in [9.17, 15) is 23.9 Å². The van der Waals surface area contributed by atoms with Crippen molar-refractivity contribution in [1.29, 1.82) is 0 Å². The highest BCUT2D eigenvalue weighted by atomic mass is 19.1. The number of hydrogen-bond donors (Lipinski definition) is 2. The first-order valence-electron chi connectivity index (χ1n) is 12.1. The lowest BCUT2D eigenvalue weighted by Gasteiger charge is -2.31. The molecule has 3 aromatic rings. The van der Waals surface area contributed by atoms with Crippen LogP contribution < -0.4 is 10.9 Å². The third-order valence-corrected chi connectivity index (χ3v) is 7.81. The van der Waals surface area contributed by atoms with E-state index in [1.165, 1.54) is 19.9 Å². The summed E-state index contributed by atoms with van der Waals surface area (Å²) in [5.41, 5.74) is 3.80. The second-order valence-corrected chi connectivity index (χ2v) is 10.5. The number of carbonyl (C=O) groups is 2. The molecule has 9 heteroatoms. The molecule has 2 N–H and O–H groups in total. The number of aliphatic hydroxyl groups is 1. The first-order chi connectivity index (χ1) is 17.0. The standard InChI is InChI=1S/C27H26FN3O5/c1-11-13-5-6-18(30-26(34)27(3,4)35)22-15-9-31-20(23(15)29-19(21(13)22)8-17(11)28)7-14-12(2)25(33)36-10-16(14)24(31)32/h7-8,12,18,35H,5-6,9-10H2,1-4H3,(H,30,34)/t12-,18+/m1/s1. The van der Waals surface area contributed by atoms with Crippen LogP contribution in [0.25, 0.3) is 22.3 Å². The van der Waals surface area contributed by atoms with E-state index >= 15 is 0 Å². The molecule has 0 bridgehead atoms. The van der Waals surface area contributed by atoms with E-state index in [2.05, 4.69) is 5.32 Å². The summed E-state index contributed by atoms with van der Waals surface area (Å²) in [7, 11) is 0. The molecular formula is C27H26FN3O5. The summed E-state index contributed by atoms with van der Waals surface area (Å²) in [6.07, 6.45) is 1.06. The van der Waals surface area contributed by atoms with Crippen LogP contribution in [0.1, 0.15) is 72.5 Å². The topological polar surface area (TPSA) is 111 Å². The fraction of sp³-hybridized carbons (Fsp3) is 0.407. The van der Waals surface area contributed by atoms with Gasteiger partial charge in [0.15, 0.2) is 0 Å². The van der Waals surface area contributed by atoms with Gasteiger partial charge in [-0.25, -0.2) is 9.37 Å². The number of amides is 1. The molecule has 2 aromatic heterocycles. The number of aromatic nitrogens is 2. The van der Waals surface area contributed by atoms with Crippen molar-refractivity contribution in [2.24, 2.45) is 0 Å². The average Bonchev–Trinajstić information content (AvgIpc) is 3.19. The van der Waals surface area contributed by atoms with Crippen molar-refractivity contribution in [3.05, 3.63) is 61.7 Å². The first kappa shape index (κ1) is 22.8. The van der Waals surface area contributed by atoms with E-state index < -0.39 is 23.5 Å². The number of cyclic esters (lactones) is 1. The zero-order chi connectivity index (χ0) is 25.7. The predicted molar refractivity (Wildman–Crippen MR) is 129 cm³/mol. The predicted octanol–water partition coefficient (Wildman–Crippen LogP) is 2.91. The van der Waals surface area contributed by atoms with Crippen LogP contribution >= 0.6 is 0 Å². The Labute approximate surface area is 206 Å². The minimum atomic E-state index is -1.57. The maximum absolute atomic E-state index is 14.9. The van der Waals surface area contributed by atoms with E-state index in [0.29, 0.717) is 46.4 Å². The average molecular weight is 492 g/mol. The molecule has 1 aromatic carbocycles. The number of nitrogens with zero attached hydrogens (tertiary/aromatic N) is 2. The number of pyridine rings is 2. The molecule has 3 aliphatic rings. The van der Waals surface area contributed by atoms with Crippen LogP contribution in [0.5, 0.6) is 0 Å². The molecule has 8 nitrogen and oxygen atoms in total. The van der Waals surface area contributed by atoms with Gasteiger partial charge in [0.05, 0.1) is 41.0 Å². The highest BCUT2D eigenvalue weighted by Gasteiger charge is 2.38. The van der Waals surface area contributed by atoms with E-state index in [0.717, 1.165) is 22.1 Å². The fourth-order valence-electron chi connectivity index (χ4n) is 5.77. The number of nitrogens with one attached hydrogen (secondary N) is 1. The summed E-state index contributed by atoms with van der Waals surface area (Å²) >= 11 is 0. The molecule has 0 saturated carbocycles. The Kier molecular flexibility index (Phi) is 4.73. The summed E-state index contributed by atoms with van der Waals surface area (Å²) in [4.78, 5) is 43.2. The van der Waals surface area contributed by atoms with Crippen molar-refractivity contribution in [2.45, 2.75) is 71.2 Å². The number of aryl methyl sites for hydroxylation is 1. The van der Waals surface area contributed by atoms with E-state index in [-0.39, 0.29) is 30.5 Å². The van der Waals surface area contributed by atoms with Crippen LogP contribution in [-0.2, 0) is 33.9 Å². The van der Waals surface area contributed by atoms with Gasteiger partial charge in [-0.3, -0.25) is 14.4 Å². The number of esters is 1. The number of benzene rings is 1. The van der Waals surface area contributed by atoms with Crippen LogP contribution in [0, 0.1) is 12.7 Å². The molecule has 0 fully saturated rings. The molecule has 186 valence electrons. The smallest absolute Gasteiger partial charge is 0.313 e. The van der Waals surface area contributed by atoms with Crippen molar-refractivity contribution in [3.8, 4) is 11.4 Å². The van der Waals surface area contributed by atoms with Gasteiger partial charge in [0.2, 0.25) is 0 Å². The molecule has 2 atom stereocenters. The van der Waals surface area contributed by atoms with E-state index in [1.54, 1.807) is 18.4 Å². The van der Waals surface area contributed by atoms with Crippen LogP contribution in [0.3, 0.4) is 0 Å². The van der Waals surface area contributed by atoms with Gasteiger partial charge in [0.1, 0.15) is 18.0 Å². The first-order valence-corrected chi connectivity index (χ1v) is 12.1. The Morgan fingerprint density at radius 2 is 2.00 bits per heavy atom. The van der Waals surface area contributed by atoms with Gasteiger partial charge >= 0.3 is 5.97 Å². The quantitative estimate of drug-likeness (QED) is 0.417. The molecule has 2 aliphatic heterocycles. The second kappa shape index (κ2) is 7.46. The summed E-state index contributed by atoms with van der Waals surface area (Å²) in [6, 6.07) is 2.78. The van der Waals surface area contributed by atoms with E-state index in [4.69, 9.17) is 9.72 Å². The number of halogens is 1. The van der Waals surface area contributed by atoms with Crippen molar-refractivity contribution < 1.29 is 23.8 Å². The Balaban J connectivity index is 1.63. The Bertz CT molecular complexity index is 1580.